The molecule has 0 saturated carbocycles. The number of hydrogen-bond donors (Lipinski definition) is 0. The predicted octanol–water partition coefficient (Wildman–Crippen LogP) is 0.808. The van der Waals surface area contributed by atoms with E-state index in [0.29, 0.717) is 0 Å². The van der Waals surface area contributed by atoms with E-state index in [4.69, 9.17) is 0 Å². The fourth-order valence-corrected chi connectivity index (χ4v) is 3.50. The molecule has 0 aliphatic carbocycles. The van der Waals surface area contributed by atoms with Crippen molar-refractivity contribution in [2.75, 3.05) is 7.11 Å². The summed E-state index contributed by atoms with van der Waals surface area (Å²) in [6.07, 6.45) is 3.19. The van der Waals surface area contributed by atoms with E-state index < -0.39 is 24.3 Å². The number of rotatable bonds is 2. The van der Waals surface area contributed by atoms with E-state index in [-0.39, 0.29) is 5.69 Å². The van der Waals surface area contributed by atoms with Crippen LogP contribution in [0.15, 0.2) is 12.4 Å². The molecule has 0 aliphatic heterocycles. The van der Waals surface area contributed by atoms with Crippen LogP contribution in [0.2, 0.25) is 14.8 Å². The molecule has 4 nitrogen and oxygen atoms in total. The normalized spacial score (nSPS) is 11.1. The van der Waals surface area contributed by atoms with Crippen LogP contribution in [0.5, 0.6) is 0 Å². The van der Waals surface area contributed by atoms with Gasteiger partial charge >= 0.3 is 87.6 Å². The average molecular weight is 301 g/mol. The van der Waals surface area contributed by atoms with Crippen molar-refractivity contribution in [3.05, 3.63) is 18.1 Å². The molecule has 5 heteroatoms. The molecule has 0 aliphatic rings. The number of aromatic nitrogens is 2. The van der Waals surface area contributed by atoms with E-state index in [9.17, 15) is 4.79 Å². The predicted molar refractivity (Wildman–Crippen MR) is 56.4 cm³/mol. The van der Waals surface area contributed by atoms with Gasteiger partial charge in [-0.2, -0.15) is 0 Å². The van der Waals surface area contributed by atoms with Crippen molar-refractivity contribution in [1.82, 2.24) is 9.97 Å². The van der Waals surface area contributed by atoms with Gasteiger partial charge in [-0.25, -0.2) is 0 Å². The van der Waals surface area contributed by atoms with E-state index in [1.54, 1.807) is 6.20 Å². The first-order valence-corrected chi connectivity index (χ1v) is 14.3. The quantitative estimate of drug-likeness (QED) is 0.599. The molecular weight excluding hydrogens is 287 g/mol. The Balaban J connectivity index is 2.95. The Kier molecular flexibility index (Phi) is 3.47. The molecule has 0 aromatic carbocycles. The second kappa shape index (κ2) is 4.25. The number of carbonyl (C=O) groups excluding carboxylic acids is 1. The van der Waals surface area contributed by atoms with Crippen LogP contribution in [0.4, 0.5) is 0 Å². The molecule has 0 radical (unpaired) electrons. The Labute approximate surface area is 87.6 Å². The summed E-state index contributed by atoms with van der Waals surface area (Å²) in [5.41, 5.74) is 0.270. The number of carbonyl (C=O) groups is 1. The van der Waals surface area contributed by atoms with Crippen molar-refractivity contribution in [3.63, 3.8) is 0 Å². The molecule has 14 heavy (non-hydrogen) atoms. The maximum absolute atomic E-state index is 11.1. The zero-order valence-electron chi connectivity index (χ0n) is 8.87. The summed E-state index contributed by atoms with van der Waals surface area (Å²) in [5.74, 6) is -0.437. The molecule has 1 aromatic rings. The van der Waals surface area contributed by atoms with Gasteiger partial charge in [0.1, 0.15) is 0 Å². The minimum absolute atomic E-state index is 0.270. The molecule has 76 valence electrons. The molecule has 1 heterocycles. The van der Waals surface area contributed by atoms with Gasteiger partial charge in [-0.3, -0.25) is 0 Å². The van der Waals surface area contributed by atoms with Gasteiger partial charge in [-0.15, -0.1) is 0 Å². The third-order valence-electron chi connectivity index (χ3n) is 1.81. The molecule has 0 N–H and O–H groups in total. The van der Waals surface area contributed by atoms with Gasteiger partial charge in [0.25, 0.3) is 0 Å². The molecule has 0 amide bonds. The molecule has 0 spiro atoms. The summed E-state index contributed by atoms with van der Waals surface area (Å²) in [4.78, 5) is 26.1. The van der Waals surface area contributed by atoms with Gasteiger partial charge in [0.2, 0.25) is 0 Å². The van der Waals surface area contributed by atoms with Crippen LogP contribution < -0.4 is 3.71 Å². The first-order valence-electron chi connectivity index (χ1n) is 4.36. The minimum atomic E-state index is -2.13. The first kappa shape index (κ1) is 11.4. The molecule has 1 aromatic heterocycles. The molecule has 0 unspecified atom stereocenters. The first-order chi connectivity index (χ1) is 6.45. The summed E-state index contributed by atoms with van der Waals surface area (Å²) in [7, 11) is 1.33. The third-order valence-corrected chi connectivity index (χ3v) is 6.94. The van der Waals surface area contributed by atoms with Crippen LogP contribution in [0, 0.1) is 0 Å². The molecule has 0 atom stereocenters. The maximum atomic E-state index is 11.1. The van der Waals surface area contributed by atoms with Gasteiger partial charge in [0, 0.05) is 0 Å². The average Bonchev–Trinajstić information content (AvgIpc) is 2.15. The number of methoxy groups -OCH3 is 1. The third kappa shape index (κ3) is 2.67. The van der Waals surface area contributed by atoms with E-state index in [0.717, 1.165) is 3.71 Å². The molecule has 0 saturated heterocycles. The van der Waals surface area contributed by atoms with Gasteiger partial charge < -0.3 is 0 Å². The van der Waals surface area contributed by atoms with Crippen molar-refractivity contribution in [2.24, 2.45) is 0 Å². The van der Waals surface area contributed by atoms with Crippen LogP contribution in [-0.2, 0) is 4.74 Å². The van der Waals surface area contributed by atoms with Gasteiger partial charge in [-0.05, 0) is 0 Å². The van der Waals surface area contributed by atoms with Crippen LogP contribution in [0.3, 0.4) is 0 Å². The van der Waals surface area contributed by atoms with Crippen molar-refractivity contribution in [3.8, 4) is 0 Å². The van der Waals surface area contributed by atoms with Crippen LogP contribution in [0.1, 0.15) is 10.5 Å². The zero-order valence-corrected chi connectivity index (χ0v) is 11.7. The van der Waals surface area contributed by atoms with E-state index >= 15 is 0 Å². The van der Waals surface area contributed by atoms with E-state index in [2.05, 4.69) is 29.5 Å². The van der Waals surface area contributed by atoms with Crippen LogP contribution in [0.25, 0.3) is 0 Å². The number of esters is 1. The molecular formula is C9H14N2O2Sn. The number of ether oxygens (including phenoxy) is 1. The van der Waals surface area contributed by atoms with E-state index in [1.807, 2.05) is 0 Å². The molecule has 0 fully saturated rings. The second-order valence-corrected chi connectivity index (χ2v) is 18.3. The van der Waals surface area contributed by atoms with Gasteiger partial charge in [-0.1, -0.05) is 0 Å². The Morgan fingerprint density at radius 1 is 1.29 bits per heavy atom. The van der Waals surface area contributed by atoms with Gasteiger partial charge in [0.05, 0.1) is 0 Å². The summed E-state index contributed by atoms with van der Waals surface area (Å²) < 4.78 is 5.60. The molecule has 0 bridgehead atoms. The fraction of sp³-hybridized carbons (Fsp3) is 0.444. The number of hydrogen-bond acceptors (Lipinski definition) is 4. The fourth-order valence-electron chi connectivity index (χ4n) is 0.925. The van der Waals surface area contributed by atoms with Crippen molar-refractivity contribution in [2.45, 2.75) is 14.8 Å². The SMILES string of the molecule is COC(=O)c1cn[c]([Sn]([CH3])([CH3])[CH3])cn1. The molecule has 1 rings (SSSR count). The van der Waals surface area contributed by atoms with Gasteiger partial charge in [0.15, 0.2) is 0 Å². The zero-order chi connectivity index (χ0) is 10.8. The second-order valence-electron chi connectivity index (χ2n) is 4.03. The summed E-state index contributed by atoms with van der Waals surface area (Å²) in [6, 6.07) is 0. The van der Waals surface area contributed by atoms with Crippen molar-refractivity contribution >= 4 is 28.1 Å². The summed E-state index contributed by atoms with van der Waals surface area (Å²) in [5, 5.41) is 0. The van der Waals surface area contributed by atoms with Crippen molar-refractivity contribution in [1.29, 1.82) is 0 Å². The van der Waals surface area contributed by atoms with Crippen molar-refractivity contribution < 1.29 is 9.53 Å². The van der Waals surface area contributed by atoms with Crippen LogP contribution in [-0.4, -0.2) is 41.4 Å². The Bertz CT molecular complexity index is 330. The Morgan fingerprint density at radius 2 is 1.93 bits per heavy atom. The van der Waals surface area contributed by atoms with Crippen LogP contribution >= 0.6 is 0 Å². The topological polar surface area (TPSA) is 52.1 Å². The van der Waals surface area contributed by atoms with E-state index in [1.165, 1.54) is 13.3 Å². The Morgan fingerprint density at radius 3 is 2.29 bits per heavy atom. The summed E-state index contributed by atoms with van der Waals surface area (Å²) >= 11 is -2.13. The standard InChI is InChI=1S/C6H5N2O2.3CH3.Sn/c1-10-6(9)5-4-7-2-3-8-5;;;;/h3-4H,1H3;3*1H3;. The monoisotopic (exact) mass is 302 g/mol. The summed E-state index contributed by atoms with van der Waals surface area (Å²) in [6.45, 7) is 0. The number of nitrogens with zero attached hydrogens (tertiary/aromatic N) is 2. The Hall–Kier alpha value is -0.651.